The molecule has 1 aromatic carbocycles. The number of carbonyl (C=O) groups is 1. The summed E-state index contributed by atoms with van der Waals surface area (Å²) >= 11 is 1.53. The number of thiophene rings is 1. The van der Waals surface area contributed by atoms with Crippen molar-refractivity contribution in [3.8, 4) is 0 Å². The second-order valence-corrected chi connectivity index (χ2v) is 6.54. The van der Waals surface area contributed by atoms with Gasteiger partial charge in [-0.15, -0.1) is 0 Å². The van der Waals surface area contributed by atoms with E-state index in [-0.39, 0.29) is 5.91 Å². The average molecular weight is 315 g/mol. The van der Waals surface area contributed by atoms with Crippen LogP contribution in [-0.2, 0) is 0 Å². The molecule has 0 saturated carbocycles. The van der Waals surface area contributed by atoms with E-state index in [1.54, 1.807) is 0 Å². The third-order valence-corrected chi connectivity index (χ3v) is 4.77. The van der Waals surface area contributed by atoms with Gasteiger partial charge in [-0.25, -0.2) is 0 Å². The van der Waals surface area contributed by atoms with E-state index in [2.05, 4.69) is 41.2 Å². The van der Waals surface area contributed by atoms with Crippen LogP contribution in [0.3, 0.4) is 0 Å². The van der Waals surface area contributed by atoms with Crippen molar-refractivity contribution < 1.29 is 4.79 Å². The number of amides is 1. The first-order valence-corrected chi connectivity index (χ1v) is 8.45. The van der Waals surface area contributed by atoms with Crippen molar-refractivity contribution in [2.45, 2.75) is 6.92 Å². The summed E-state index contributed by atoms with van der Waals surface area (Å²) in [5.41, 5.74) is 4.03. The lowest BCUT2D eigenvalue weighted by Crippen LogP contribution is -2.44. The quantitative estimate of drug-likeness (QED) is 0.945. The molecular formula is C17H21N3OS. The Labute approximate surface area is 135 Å². The molecular weight excluding hydrogens is 294 g/mol. The van der Waals surface area contributed by atoms with Gasteiger partial charge in [-0.3, -0.25) is 4.79 Å². The van der Waals surface area contributed by atoms with Gasteiger partial charge in [-0.2, -0.15) is 11.3 Å². The number of likely N-dealkylation sites (N-methyl/N-ethyl adjacent to an activating group) is 1. The number of benzene rings is 1. The van der Waals surface area contributed by atoms with Crippen LogP contribution in [0, 0.1) is 6.92 Å². The maximum Gasteiger partial charge on any atom is 0.256 e. The molecule has 0 unspecified atom stereocenters. The summed E-state index contributed by atoms with van der Waals surface area (Å²) in [6.45, 7) is 6.40. The second-order valence-electron chi connectivity index (χ2n) is 5.76. The van der Waals surface area contributed by atoms with Gasteiger partial charge >= 0.3 is 0 Å². The Morgan fingerprint density at radius 1 is 1.18 bits per heavy atom. The zero-order valence-corrected chi connectivity index (χ0v) is 13.8. The van der Waals surface area contributed by atoms with E-state index in [1.165, 1.54) is 22.6 Å². The van der Waals surface area contributed by atoms with Gasteiger partial charge in [0, 0.05) is 42.9 Å². The standard InChI is InChI=1S/C17H21N3OS/c1-13-11-15(18-17(21)14-5-10-22-12-14)3-4-16(13)20-8-6-19(2)7-9-20/h3-5,10-12H,6-9H2,1-2H3,(H,18,21). The minimum atomic E-state index is -0.0482. The van der Waals surface area contributed by atoms with E-state index in [0.29, 0.717) is 5.56 Å². The fourth-order valence-electron chi connectivity index (χ4n) is 2.73. The lowest BCUT2D eigenvalue weighted by Gasteiger charge is -2.35. The third kappa shape index (κ3) is 3.31. The van der Waals surface area contributed by atoms with Crippen LogP contribution < -0.4 is 10.2 Å². The summed E-state index contributed by atoms with van der Waals surface area (Å²) in [4.78, 5) is 16.9. The van der Waals surface area contributed by atoms with E-state index >= 15 is 0 Å². The topological polar surface area (TPSA) is 35.6 Å². The summed E-state index contributed by atoms with van der Waals surface area (Å²) in [6.07, 6.45) is 0. The van der Waals surface area contributed by atoms with Gasteiger partial charge in [0.15, 0.2) is 0 Å². The van der Waals surface area contributed by atoms with E-state index < -0.39 is 0 Å². The monoisotopic (exact) mass is 315 g/mol. The molecule has 1 N–H and O–H groups in total. The number of hydrogen-bond acceptors (Lipinski definition) is 4. The highest BCUT2D eigenvalue weighted by atomic mass is 32.1. The smallest absolute Gasteiger partial charge is 0.256 e. The van der Waals surface area contributed by atoms with Crippen LogP contribution in [0.5, 0.6) is 0 Å². The predicted octanol–water partition coefficient (Wildman–Crippen LogP) is 3.06. The Kier molecular flexibility index (Phi) is 4.45. The summed E-state index contributed by atoms with van der Waals surface area (Å²) < 4.78 is 0. The highest BCUT2D eigenvalue weighted by molar-refractivity contribution is 7.08. The summed E-state index contributed by atoms with van der Waals surface area (Å²) in [7, 11) is 2.16. The first kappa shape index (κ1) is 15.1. The predicted molar refractivity (Wildman–Crippen MR) is 93.2 cm³/mol. The molecule has 0 spiro atoms. The number of anilines is 2. The molecule has 2 heterocycles. The molecule has 0 radical (unpaired) electrons. The molecule has 0 bridgehead atoms. The second kappa shape index (κ2) is 6.50. The molecule has 0 atom stereocenters. The van der Waals surface area contributed by atoms with Gasteiger partial charge in [0.25, 0.3) is 5.91 Å². The molecule has 1 saturated heterocycles. The maximum atomic E-state index is 12.1. The van der Waals surface area contributed by atoms with Crippen molar-refractivity contribution in [1.29, 1.82) is 0 Å². The van der Waals surface area contributed by atoms with Crippen molar-refractivity contribution in [2.24, 2.45) is 0 Å². The molecule has 1 aliphatic heterocycles. The molecule has 4 nitrogen and oxygen atoms in total. The van der Waals surface area contributed by atoms with Crippen LogP contribution in [0.2, 0.25) is 0 Å². The van der Waals surface area contributed by atoms with Crippen LogP contribution in [0.15, 0.2) is 35.0 Å². The molecule has 1 aromatic heterocycles. The highest BCUT2D eigenvalue weighted by Crippen LogP contribution is 2.25. The Morgan fingerprint density at radius 2 is 1.95 bits per heavy atom. The molecule has 22 heavy (non-hydrogen) atoms. The summed E-state index contributed by atoms with van der Waals surface area (Å²) in [5, 5.41) is 6.74. The van der Waals surface area contributed by atoms with Gasteiger partial charge < -0.3 is 15.1 Å². The highest BCUT2D eigenvalue weighted by Gasteiger charge is 2.16. The van der Waals surface area contributed by atoms with E-state index in [9.17, 15) is 4.79 Å². The first-order chi connectivity index (χ1) is 10.6. The minimum Gasteiger partial charge on any atom is -0.369 e. The first-order valence-electron chi connectivity index (χ1n) is 7.51. The molecule has 116 valence electrons. The number of piperazine rings is 1. The fraction of sp³-hybridized carbons (Fsp3) is 0.353. The molecule has 1 amide bonds. The van der Waals surface area contributed by atoms with Crippen LogP contribution in [0.4, 0.5) is 11.4 Å². The van der Waals surface area contributed by atoms with Gasteiger partial charge in [-0.1, -0.05) is 0 Å². The van der Waals surface area contributed by atoms with E-state index in [4.69, 9.17) is 0 Å². The number of nitrogens with one attached hydrogen (secondary N) is 1. The van der Waals surface area contributed by atoms with Crippen LogP contribution in [0.1, 0.15) is 15.9 Å². The summed E-state index contributed by atoms with van der Waals surface area (Å²) in [5.74, 6) is -0.0482. The minimum absolute atomic E-state index is 0.0482. The molecule has 5 heteroatoms. The lowest BCUT2D eigenvalue weighted by atomic mass is 10.1. The van der Waals surface area contributed by atoms with Crippen molar-refractivity contribution in [1.82, 2.24) is 4.90 Å². The molecule has 1 fully saturated rings. The fourth-order valence-corrected chi connectivity index (χ4v) is 3.37. The van der Waals surface area contributed by atoms with Crippen molar-refractivity contribution >= 4 is 28.6 Å². The SMILES string of the molecule is Cc1cc(NC(=O)c2ccsc2)ccc1N1CCN(C)CC1. The van der Waals surface area contributed by atoms with Crippen molar-refractivity contribution in [2.75, 3.05) is 43.4 Å². The summed E-state index contributed by atoms with van der Waals surface area (Å²) in [6, 6.07) is 8.00. The molecule has 1 aliphatic rings. The van der Waals surface area contributed by atoms with Crippen LogP contribution >= 0.6 is 11.3 Å². The number of hydrogen-bond donors (Lipinski definition) is 1. The van der Waals surface area contributed by atoms with Crippen molar-refractivity contribution in [3.63, 3.8) is 0 Å². The van der Waals surface area contributed by atoms with Crippen LogP contribution in [-0.4, -0.2) is 44.0 Å². The van der Waals surface area contributed by atoms with Gasteiger partial charge in [0.2, 0.25) is 0 Å². The van der Waals surface area contributed by atoms with Gasteiger partial charge in [0.05, 0.1) is 5.56 Å². The number of rotatable bonds is 3. The molecule has 0 aliphatic carbocycles. The zero-order chi connectivity index (χ0) is 15.5. The largest absolute Gasteiger partial charge is 0.369 e. The Morgan fingerprint density at radius 3 is 2.59 bits per heavy atom. The number of carbonyl (C=O) groups excluding carboxylic acids is 1. The number of aryl methyl sites for hydroxylation is 1. The van der Waals surface area contributed by atoms with E-state index in [0.717, 1.165) is 31.9 Å². The van der Waals surface area contributed by atoms with Crippen molar-refractivity contribution in [3.05, 3.63) is 46.2 Å². The van der Waals surface area contributed by atoms with E-state index in [1.807, 2.05) is 22.9 Å². The van der Waals surface area contributed by atoms with Crippen LogP contribution in [0.25, 0.3) is 0 Å². The third-order valence-electron chi connectivity index (χ3n) is 4.08. The van der Waals surface area contributed by atoms with Gasteiger partial charge in [0.1, 0.15) is 0 Å². The average Bonchev–Trinajstić information content (AvgIpc) is 3.03. The zero-order valence-electron chi connectivity index (χ0n) is 13.0. The Balaban J connectivity index is 1.71. The number of nitrogens with zero attached hydrogens (tertiary/aromatic N) is 2. The Bertz CT molecular complexity index is 646. The normalized spacial score (nSPS) is 15.8. The Hall–Kier alpha value is -1.85. The molecule has 3 rings (SSSR count). The molecule has 2 aromatic rings. The van der Waals surface area contributed by atoms with Gasteiger partial charge in [-0.05, 0) is 49.2 Å². The lowest BCUT2D eigenvalue weighted by molar-refractivity contribution is 0.102. The maximum absolute atomic E-state index is 12.1.